The Bertz CT molecular complexity index is 441. The number of nitrogens with zero attached hydrogens (tertiary/aromatic N) is 1. The summed E-state index contributed by atoms with van der Waals surface area (Å²) < 4.78 is 12.1. The molecule has 0 radical (unpaired) electrons. The maximum absolute atomic E-state index is 6.04. The van der Waals surface area contributed by atoms with Crippen molar-refractivity contribution in [2.75, 3.05) is 0 Å². The lowest BCUT2D eigenvalue weighted by molar-refractivity contribution is 0.00578. The van der Waals surface area contributed by atoms with E-state index in [1.54, 1.807) is 0 Å². The second kappa shape index (κ2) is 4.35. The highest BCUT2D eigenvalue weighted by Gasteiger charge is 2.52. The topological polar surface area (TPSA) is 31.4 Å². The van der Waals surface area contributed by atoms with E-state index in [2.05, 4.69) is 52.6 Å². The number of hydrogen-bond acceptors (Lipinski definition) is 3. The smallest absolute Gasteiger partial charge is 0.399 e. The highest BCUT2D eigenvalue weighted by atomic mass is 16.7. The highest BCUT2D eigenvalue weighted by Crippen LogP contribution is 2.36. The lowest BCUT2D eigenvalue weighted by atomic mass is 9.77. The number of pyridine rings is 1. The molecular formula is C14H22BNO2. The van der Waals surface area contributed by atoms with E-state index in [0.717, 1.165) is 17.6 Å². The molecule has 98 valence electrons. The van der Waals surface area contributed by atoms with Crippen LogP contribution in [0, 0.1) is 6.92 Å². The first-order chi connectivity index (χ1) is 8.27. The van der Waals surface area contributed by atoms with E-state index in [1.807, 2.05) is 6.20 Å². The van der Waals surface area contributed by atoms with Crippen LogP contribution in [0.4, 0.5) is 0 Å². The van der Waals surface area contributed by atoms with Gasteiger partial charge in [0, 0.05) is 17.4 Å². The molecule has 0 atom stereocenters. The van der Waals surface area contributed by atoms with Crippen LogP contribution in [0.1, 0.15) is 45.9 Å². The van der Waals surface area contributed by atoms with Crippen LogP contribution < -0.4 is 5.46 Å². The van der Waals surface area contributed by atoms with Crippen molar-refractivity contribution in [1.29, 1.82) is 0 Å². The van der Waals surface area contributed by atoms with Crippen molar-refractivity contribution < 1.29 is 9.31 Å². The third-order valence-corrected chi connectivity index (χ3v) is 4.08. The van der Waals surface area contributed by atoms with Crippen LogP contribution in [0.15, 0.2) is 12.3 Å². The third kappa shape index (κ3) is 2.19. The quantitative estimate of drug-likeness (QED) is 0.751. The molecule has 2 heterocycles. The van der Waals surface area contributed by atoms with Crippen molar-refractivity contribution in [3.8, 4) is 0 Å². The normalized spacial score (nSPS) is 21.3. The number of rotatable bonds is 2. The first kappa shape index (κ1) is 13.6. The monoisotopic (exact) mass is 247 g/mol. The molecule has 1 aliphatic heterocycles. The van der Waals surface area contributed by atoms with Gasteiger partial charge in [0.25, 0.3) is 0 Å². The van der Waals surface area contributed by atoms with E-state index in [0.29, 0.717) is 0 Å². The lowest BCUT2D eigenvalue weighted by Crippen LogP contribution is -2.41. The molecular weight excluding hydrogens is 225 g/mol. The van der Waals surface area contributed by atoms with Crippen molar-refractivity contribution in [3.05, 3.63) is 23.5 Å². The molecule has 1 saturated heterocycles. The molecule has 2 rings (SSSR count). The van der Waals surface area contributed by atoms with Gasteiger partial charge in [0.2, 0.25) is 0 Å². The van der Waals surface area contributed by atoms with E-state index in [9.17, 15) is 0 Å². The summed E-state index contributed by atoms with van der Waals surface area (Å²) in [4.78, 5) is 4.44. The highest BCUT2D eigenvalue weighted by molar-refractivity contribution is 6.62. The maximum atomic E-state index is 6.04. The summed E-state index contributed by atoms with van der Waals surface area (Å²) in [5.74, 6) is 0. The molecule has 0 spiro atoms. The molecule has 0 aromatic carbocycles. The molecule has 1 aromatic rings. The van der Waals surface area contributed by atoms with Gasteiger partial charge in [0.1, 0.15) is 0 Å². The zero-order valence-electron chi connectivity index (χ0n) is 12.2. The minimum Gasteiger partial charge on any atom is -0.399 e. The van der Waals surface area contributed by atoms with Crippen molar-refractivity contribution in [1.82, 2.24) is 4.98 Å². The summed E-state index contributed by atoms with van der Waals surface area (Å²) in [7, 11) is -0.312. The average molecular weight is 247 g/mol. The van der Waals surface area contributed by atoms with Gasteiger partial charge < -0.3 is 9.31 Å². The van der Waals surface area contributed by atoms with Gasteiger partial charge in [-0.05, 0) is 52.7 Å². The van der Waals surface area contributed by atoms with Gasteiger partial charge in [0.15, 0.2) is 0 Å². The number of hydrogen-bond donors (Lipinski definition) is 0. The Balaban J connectivity index is 2.30. The predicted molar refractivity (Wildman–Crippen MR) is 74.1 cm³/mol. The van der Waals surface area contributed by atoms with Crippen LogP contribution in [0.25, 0.3) is 0 Å². The van der Waals surface area contributed by atoms with Crippen LogP contribution in [-0.4, -0.2) is 23.3 Å². The number of aromatic nitrogens is 1. The SMILES string of the molecule is CCc1cc(C)c(B2OC(C)(C)C(C)(C)O2)cn1. The lowest BCUT2D eigenvalue weighted by Gasteiger charge is -2.32. The summed E-state index contributed by atoms with van der Waals surface area (Å²) in [5, 5.41) is 0. The zero-order valence-corrected chi connectivity index (χ0v) is 12.2. The van der Waals surface area contributed by atoms with Gasteiger partial charge >= 0.3 is 7.12 Å². The predicted octanol–water partition coefficient (Wildman–Crippen LogP) is 2.25. The first-order valence-corrected chi connectivity index (χ1v) is 6.58. The molecule has 3 nitrogen and oxygen atoms in total. The minimum atomic E-state index is -0.312. The fraction of sp³-hybridized carbons (Fsp3) is 0.643. The van der Waals surface area contributed by atoms with Crippen LogP contribution in [0.2, 0.25) is 0 Å². The summed E-state index contributed by atoms with van der Waals surface area (Å²) in [5.41, 5.74) is 2.72. The summed E-state index contributed by atoms with van der Waals surface area (Å²) in [6, 6.07) is 2.11. The molecule has 0 N–H and O–H groups in total. The second-order valence-corrected chi connectivity index (χ2v) is 5.97. The van der Waals surface area contributed by atoms with Gasteiger partial charge in [-0.1, -0.05) is 6.92 Å². The van der Waals surface area contributed by atoms with Gasteiger partial charge in [-0.15, -0.1) is 0 Å². The van der Waals surface area contributed by atoms with E-state index in [4.69, 9.17) is 9.31 Å². The van der Waals surface area contributed by atoms with E-state index in [-0.39, 0.29) is 18.3 Å². The Kier molecular flexibility index (Phi) is 3.28. The zero-order chi connectivity index (χ0) is 13.6. The first-order valence-electron chi connectivity index (χ1n) is 6.58. The fourth-order valence-electron chi connectivity index (χ4n) is 2.03. The van der Waals surface area contributed by atoms with Crippen molar-refractivity contribution in [2.45, 2.75) is 59.2 Å². The van der Waals surface area contributed by atoms with Crippen LogP contribution in [0.5, 0.6) is 0 Å². The molecule has 1 fully saturated rings. The Labute approximate surface area is 110 Å². The average Bonchev–Trinajstić information content (AvgIpc) is 2.47. The third-order valence-electron chi connectivity index (χ3n) is 4.08. The largest absolute Gasteiger partial charge is 0.496 e. The van der Waals surface area contributed by atoms with E-state index in [1.165, 1.54) is 5.56 Å². The second-order valence-electron chi connectivity index (χ2n) is 5.97. The van der Waals surface area contributed by atoms with Crippen molar-refractivity contribution in [2.24, 2.45) is 0 Å². The van der Waals surface area contributed by atoms with Crippen LogP contribution >= 0.6 is 0 Å². The molecule has 0 aliphatic carbocycles. The van der Waals surface area contributed by atoms with Crippen LogP contribution in [0.3, 0.4) is 0 Å². The summed E-state index contributed by atoms with van der Waals surface area (Å²) in [6.45, 7) is 12.5. The van der Waals surface area contributed by atoms with Gasteiger partial charge in [-0.25, -0.2) is 0 Å². The van der Waals surface area contributed by atoms with Gasteiger partial charge in [-0.2, -0.15) is 0 Å². The van der Waals surface area contributed by atoms with Gasteiger partial charge in [0.05, 0.1) is 11.2 Å². The van der Waals surface area contributed by atoms with E-state index < -0.39 is 0 Å². The van der Waals surface area contributed by atoms with Crippen molar-refractivity contribution >= 4 is 12.6 Å². The molecule has 0 saturated carbocycles. The fourth-order valence-corrected chi connectivity index (χ4v) is 2.03. The molecule has 1 aliphatic rings. The molecule has 0 unspecified atom stereocenters. The summed E-state index contributed by atoms with van der Waals surface area (Å²) in [6.07, 6.45) is 2.83. The Morgan fingerprint density at radius 3 is 2.17 bits per heavy atom. The standard InChI is InChI=1S/C14H22BNO2/c1-7-11-8-10(2)12(9-16-11)15-17-13(3,4)14(5,6)18-15/h8-9H,7H2,1-6H3. The number of aryl methyl sites for hydroxylation is 2. The molecule has 0 amide bonds. The molecule has 1 aromatic heterocycles. The molecule has 4 heteroatoms. The molecule has 18 heavy (non-hydrogen) atoms. The molecule has 0 bridgehead atoms. The Hall–Kier alpha value is -0.865. The minimum absolute atomic E-state index is 0.298. The Morgan fingerprint density at radius 1 is 1.17 bits per heavy atom. The van der Waals surface area contributed by atoms with Gasteiger partial charge in [-0.3, -0.25) is 4.98 Å². The van der Waals surface area contributed by atoms with Crippen molar-refractivity contribution in [3.63, 3.8) is 0 Å². The summed E-state index contributed by atoms with van der Waals surface area (Å²) >= 11 is 0. The van der Waals surface area contributed by atoms with E-state index >= 15 is 0 Å². The Morgan fingerprint density at radius 2 is 1.72 bits per heavy atom. The maximum Gasteiger partial charge on any atom is 0.496 e. The van der Waals surface area contributed by atoms with Crippen LogP contribution in [-0.2, 0) is 15.7 Å².